The minimum Gasteiger partial charge on any atom is -0.486 e. The minimum absolute atomic E-state index is 0.137. The maximum atomic E-state index is 13.0. The molecule has 0 aliphatic carbocycles. The van der Waals surface area contributed by atoms with E-state index in [0.717, 1.165) is 11.4 Å². The Labute approximate surface area is 173 Å². The Bertz CT molecular complexity index is 1270. The van der Waals surface area contributed by atoms with Crippen molar-refractivity contribution in [1.82, 2.24) is 19.0 Å². The van der Waals surface area contributed by atoms with Crippen LogP contribution in [0.4, 0.5) is 0 Å². The number of nitrogens with zero attached hydrogens (tertiary/aromatic N) is 4. The van der Waals surface area contributed by atoms with Gasteiger partial charge in [0.05, 0.1) is 18.5 Å². The van der Waals surface area contributed by atoms with E-state index >= 15 is 0 Å². The highest BCUT2D eigenvalue weighted by Gasteiger charge is 2.34. The number of hydrogen-bond donors (Lipinski definition) is 0. The lowest BCUT2D eigenvalue weighted by molar-refractivity contribution is 0.0175. The second kappa shape index (κ2) is 7.44. The number of pyridine rings is 3. The number of fused-ring (bicyclic) bond motifs is 1. The number of rotatable bonds is 4. The van der Waals surface area contributed by atoms with Crippen molar-refractivity contribution in [2.24, 2.45) is 7.05 Å². The van der Waals surface area contributed by atoms with Crippen molar-refractivity contribution in [3.8, 4) is 5.75 Å². The van der Waals surface area contributed by atoms with Gasteiger partial charge in [-0.2, -0.15) is 0 Å². The highest BCUT2D eigenvalue weighted by Crippen LogP contribution is 2.20. The van der Waals surface area contributed by atoms with Gasteiger partial charge in [0, 0.05) is 37.2 Å². The van der Waals surface area contributed by atoms with Crippen LogP contribution in [0.3, 0.4) is 0 Å². The molecule has 1 saturated heterocycles. The van der Waals surface area contributed by atoms with Crippen molar-refractivity contribution in [3.05, 3.63) is 68.0 Å². The molecule has 0 spiro atoms. The number of hydrogen-bond acceptors (Lipinski definition) is 5. The van der Waals surface area contributed by atoms with Gasteiger partial charge in [-0.1, -0.05) is 0 Å². The van der Waals surface area contributed by atoms with Crippen LogP contribution >= 0.6 is 0 Å². The van der Waals surface area contributed by atoms with Gasteiger partial charge < -0.3 is 18.8 Å². The number of aromatic nitrogens is 3. The Balaban J connectivity index is 1.53. The minimum atomic E-state index is -0.315. The average molecular weight is 408 g/mol. The molecule has 4 rings (SSSR count). The van der Waals surface area contributed by atoms with Crippen LogP contribution in [0, 0.1) is 13.8 Å². The van der Waals surface area contributed by atoms with E-state index in [1.807, 2.05) is 25.3 Å². The van der Waals surface area contributed by atoms with E-state index in [1.165, 1.54) is 10.6 Å². The zero-order valence-electron chi connectivity index (χ0n) is 17.5. The third kappa shape index (κ3) is 3.38. The fraction of sp³-hybridized carbons (Fsp3) is 0.364. The largest absolute Gasteiger partial charge is 0.486 e. The molecule has 4 heterocycles. The van der Waals surface area contributed by atoms with Crippen molar-refractivity contribution in [3.63, 3.8) is 0 Å². The first-order valence-electron chi connectivity index (χ1n) is 9.93. The van der Waals surface area contributed by atoms with Crippen molar-refractivity contribution in [1.29, 1.82) is 0 Å². The molecule has 3 aromatic rings. The molecule has 0 bridgehead atoms. The molecule has 8 nitrogen and oxygen atoms in total. The molecule has 30 heavy (non-hydrogen) atoms. The predicted octanol–water partition coefficient (Wildman–Crippen LogP) is 1.64. The molecule has 156 valence electrons. The molecule has 0 radical (unpaired) electrons. The number of likely N-dealkylation sites (tertiary alicyclic amines) is 1. The predicted molar refractivity (Wildman–Crippen MR) is 113 cm³/mol. The van der Waals surface area contributed by atoms with Gasteiger partial charge in [0.1, 0.15) is 23.1 Å². The lowest BCUT2D eigenvalue weighted by Gasteiger charge is -2.39. The first-order chi connectivity index (χ1) is 14.3. The first kappa shape index (κ1) is 19.9. The second-order valence-corrected chi connectivity index (χ2v) is 7.66. The smallest absolute Gasteiger partial charge is 0.259 e. The topological polar surface area (TPSA) is 86.4 Å². The Hall–Kier alpha value is -3.42. The average Bonchev–Trinajstić information content (AvgIpc) is 2.68. The fourth-order valence-corrected chi connectivity index (χ4v) is 3.60. The summed E-state index contributed by atoms with van der Waals surface area (Å²) in [6.07, 6.45) is 1.39. The Morgan fingerprint density at radius 2 is 1.93 bits per heavy atom. The molecule has 8 heteroatoms. The lowest BCUT2D eigenvalue weighted by atomic mass is 10.1. The molecule has 1 fully saturated rings. The first-order valence-corrected chi connectivity index (χ1v) is 9.93. The van der Waals surface area contributed by atoms with Crippen molar-refractivity contribution in [2.45, 2.75) is 33.4 Å². The lowest BCUT2D eigenvalue weighted by Crippen LogP contribution is -2.56. The molecule has 0 N–H and O–H groups in total. The monoisotopic (exact) mass is 408 g/mol. The molecular formula is C22H24N4O4. The molecular weight excluding hydrogens is 384 g/mol. The van der Waals surface area contributed by atoms with E-state index in [-0.39, 0.29) is 28.6 Å². The number of carbonyl (C=O) groups is 1. The number of carbonyl (C=O) groups excluding carboxylic acids is 1. The maximum Gasteiger partial charge on any atom is 0.259 e. The molecule has 0 aromatic carbocycles. The van der Waals surface area contributed by atoms with Crippen molar-refractivity contribution in [2.75, 3.05) is 13.1 Å². The summed E-state index contributed by atoms with van der Waals surface area (Å²) in [5.74, 6) is 0.179. The summed E-state index contributed by atoms with van der Waals surface area (Å²) in [5.41, 5.74) is 1.89. The standard InChI is InChI=1S/C22H24N4O4/c1-5-25-12-18(20(28)17-7-6-13(2)23-21(17)25)22(29)26-10-16(11-26)30-15-8-14(3)24(4)19(27)9-15/h6-9,12,16H,5,10-11H2,1-4H3. The van der Waals surface area contributed by atoms with Crippen LogP contribution < -0.4 is 15.7 Å². The summed E-state index contributed by atoms with van der Waals surface area (Å²) >= 11 is 0. The van der Waals surface area contributed by atoms with Gasteiger partial charge in [0.25, 0.3) is 11.5 Å². The van der Waals surface area contributed by atoms with Crippen LogP contribution in [-0.4, -0.2) is 44.1 Å². The van der Waals surface area contributed by atoms with Crippen molar-refractivity contribution >= 4 is 16.9 Å². The Morgan fingerprint density at radius 1 is 1.20 bits per heavy atom. The zero-order valence-corrected chi connectivity index (χ0v) is 17.5. The van der Waals surface area contributed by atoms with E-state index in [2.05, 4.69) is 4.98 Å². The Kier molecular flexibility index (Phi) is 4.93. The van der Waals surface area contributed by atoms with Gasteiger partial charge in [-0.05, 0) is 39.0 Å². The third-order valence-electron chi connectivity index (χ3n) is 5.55. The second-order valence-electron chi connectivity index (χ2n) is 7.66. The van der Waals surface area contributed by atoms with Crippen LogP contribution in [0.25, 0.3) is 11.0 Å². The van der Waals surface area contributed by atoms with Crippen LogP contribution in [0.2, 0.25) is 0 Å². The van der Waals surface area contributed by atoms with Crippen LogP contribution in [0.1, 0.15) is 28.7 Å². The summed E-state index contributed by atoms with van der Waals surface area (Å²) in [6, 6.07) is 6.74. The highest BCUT2D eigenvalue weighted by atomic mass is 16.5. The fourth-order valence-electron chi connectivity index (χ4n) is 3.60. The molecule has 0 atom stereocenters. The van der Waals surface area contributed by atoms with E-state index in [1.54, 1.807) is 36.3 Å². The van der Waals surface area contributed by atoms with E-state index in [4.69, 9.17) is 4.74 Å². The van der Waals surface area contributed by atoms with Gasteiger partial charge in [0.2, 0.25) is 5.43 Å². The Morgan fingerprint density at radius 3 is 2.60 bits per heavy atom. The van der Waals surface area contributed by atoms with Crippen LogP contribution in [-0.2, 0) is 13.6 Å². The van der Waals surface area contributed by atoms with Gasteiger partial charge in [0.15, 0.2) is 0 Å². The maximum absolute atomic E-state index is 13.0. The van der Waals surface area contributed by atoms with Gasteiger partial charge in [-0.15, -0.1) is 0 Å². The van der Waals surface area contributed by atoms with Crippen molar-refractivity contribution < 1.29 is 9.53 Å². The van der Waals surface area contributed by atoms with Gasteiger partial charge in [-0.3, -0.25) is 14.4 Å². The van der Waals surface area contributed by atoms with E-state index < -0.39 is 0 Å². The summed E-state index contributed by atoms with van der Waals surface area (Å²) in [4.78, 5) is 43.8. The molecule has 1 amide bonds. The molecule has 1 aliphatic heterocycles. The van der Waals surface area contributed by atoms with Gasteiger partial charge in [-0.25, -0.2) is 4.98 Å². The normalized spacial score (nSPS) is 14.1. The summed E-state index contributed by atoms with van der Waals surface area (Å²) in [5, 5.41) is 0.442. The molecule has 0 unspecified atom stereocenters. The van der Waals surface area contributed by atoms with E-state index in [0.29, 0.717) is 36.4 Å². The number of ether oxygens (including phenoxy) is 1. The van der Waals surface area contributed by atoms with E-state index in [9.17, 15) is 14.4 Å². The van der Waals surface area contributed by atoms with Gasteiger partial charge >= 0.3 is 0 Å². The quantitative estimate of drug-likeness (QED) is 0.655. The molecule has 0 saturated carbocycles. The highest BCUT2D eigenvalue weighted by molar-refractivity contribution is 5.97. The summed E-state index contributed by atoms with van der Waals surface area (Å²) < 4.78 is 9.21. The third-order valence-corrected chi connectivity index (χ3v) is 5.55. The molecule has 1 aliphatic rings. The van der Waals surface area contributed by atoms with Crippen LogP contribution in [0.5, 0.6) is 5.75 Å². The number of aryl methyl sites for hydroxylation is 3. The number of amides is 1. The summed E-state index contributed by atoms with van der Waals surface area (Å²) in [7, 11) is 1.70. The zero-order chi connectivity index (χ0) is 21.6. The van der Waals surface area contributed by atoms with Crippen LogP contribution in [0.15, 0.2) is 40.1 Å². The SMILES string of the molecule is CCn1cc(C(=O)N2CC(Oc3cc(C)n(C)c(=O)c3)C2)c(=O)c2ccc(C)nc21. The summed E-state index contributed by atoms with van der Waals surface area (Å²) in [6.45, 7) is 6.97. The molecule has 3 aromatic heterocycles.